The molecule has 0 unspecified atom stereocenters. The van der Waals surface area contributed by atoms with Gasteiger partial charge in [0.05, 0.1) is 6.54 Å². The van der Waals surface area contributed by atoms with Crippen LogP contribution in [-0.4, -0.2) is 21.0 Å². The van der Waals surface area contributed by atoms with Gasteiger partial charge in [-0.3, -0.25) is 4.79 Å². The Hall–Kier alpha value is -2.66. The number of pyridine rings is 1. The lowest BCUT2D eigenvalue weighted by Crippen LogP contribution is -2.42. The first-order valence-electron chi connectivity index (χ1n) is 10.3. The van der Waals surface area contributed by atoms with Gasteiger partial charge in [-0.1, -0.05) is 37.1 Å². The third-order valence-corrected chi connectivity index (χ3v) is 6.12. The van der Waals surface area contributed by atoms with E-state index in [1.54, 1.807) is 0 Å². The number of hydrogen-bond acceptors (Lipinski definition) is 2. The van der Waals surface area contributed by atoms with Crippen molar-refractivity contribution in [3.63, 3.8) is 0 Å². The number of aromatic amines is 1. The van der Waals surface area contributed by atoms with E-state index < -0.39 is 0 Å². The smallest absolute Gasteiger partial charge is 0.253 e. The highest BCUT2D eigenvalue weighted by atomic mass is 32.1. The number of nitrogens with zero attached hydrogens (tertiary/aromatic N) is 1. The van der Waals surface area contributed by atoms with E-state index in [1.165, 1.54) is 18.4 Å². The molecular formula is C24H27N3OS. The van der Waals surface area contributed by atoms with Crippen molar-refractivity contribution in [2.24, 2.45) is 0 Å². The molecule has 0 amide bonds. The molecule has 0 spiro atoms. The van der Waals surface area contributed by atoms with Gasteiger partial charge in [0.1, 0.15) is 0 Å². The number of hydrogen-bond donors (Lipinski definition) is 2. The van der Waals surface area contributed by atoms with E-state index in [-0.39, 0.29) is 5.56 Å². The first-order valence-corrected chi connectivity index (χ1v) is 10.7. The summed E-state index contributed by atoms with van der Waals surface area (Å²) in [4.78, 5) is 18.1. The highest BCUT2D eigenvalue weighted by molar-refractivity contribution is 7.80. The maximum Gasteiger partial charge on any atom is 0.253 e. The summed E-state index contributed by atoms with van der Waals surface area (Å²) in [5.74, 6) is 0. The molecular weight excluding hydrogens is 378 g/mol. The second kappa shape index (κ2) is 8.37. The molecule has 1 aliphatic rings. The van der Waals surface area contributed by atoms with Crippen molar-refractivity contribution >= 4 is 33.9 Å². The molecule has 1 heterocycles. The third kappa shape index (κ3) is 4.35. The van der Waals surface area contributed by atoms with Gasteiger partial charge >= 0.3 is 0 Å². The van der Waals surface area contributed by atoms with Crippen LogP contribution in [0.4, 0.5) is 5.69 Å². The molecule has 2 aromatic carbocycles. The molecule has 0 bridgehead atoms. The van der Waals surface area contributed by atoms with Crippen LogP contribution in [-0.2, 0) is 6.54 Å². The maximum atomic E-state index is 12.8. The summed E-state index contributed by atoms with van der Waals surface area (Å²) in [6, 6.07) is 16.6. The fraction of sp³-hybridized carbons (Fsp3) is 0.333. The zero-order chi connectivity index (χ0) is 20.4. The number of aromatic nitrogens is 1. The second-order valence-electron chi connectivity index (χ2n) is 8.03. The van der Waals surface area contributed by atoms with Crippen LogP contribution < -0.4 is 10.9 Å². The second-order valence-corrected chi connectivity index (χ2v) is 8.42. The average molecular weight is 406 g/mol. The van der Waals surface area contributed by atoms with Crippen molar-refractivity contribution in [2.45, 2.75) is 52.1 Å². The Morgan fingerprint density at radius 2 is 1.86 bits per heavy atom. The average Bonchev–Trinajstić information content (AvgIpc) is 3.21. The predicted octanol–water partition coefficient (Wildman–Crippen LogP) is 5.29. The molecule has 4 rings (SSSR count). The first kappa shape index (κ1) is 19.6. The monoisotopic (exact) mass is 405 g/mol. The molecule has 5 heteroatoms. The summed E-state index contributed by atoms with van der Waals surface area (Å²) < 4.78 is 0. The lowest BCUT2D eigenvalue weighted by Gasteiger charge is -2.31. The van der Waals surface area contributed by atoms with E-state index in [0.717, 1.165) is 40.6 Å². The number of rotatable bonds is 4. The summed E-state index contributed by atoms with van der Waals surface area (Å²) in [6.07, 6.45) is 4.64. The lowest BCUT2D eigenvalue weighted by molar-refractivity contribution is 0.311. The first-order chi connectivity index (χ1) is 14.0. The van der Waals surface area contributed by atoms with Crippen LogP contribution in [0.5, 0.6) is 0 Å². The molecule has 1 saturated carbocycles. The number of fused-ring (bicyclic) bond motifs is 1. The summed E-state index contributed by atoms with van der Waals surface area (Å²) >= 11 is 5.78. The molecule has 0 saturated heterocycles. The van der Waals surface area contributed by atoms with E-state index in [1.807, 2.05) is 49.4 Å². The van der Waals surface area contributed by atoms with E-state index >= 15 is 0 Å². The van der Waals surface area contributed by atoms with E-state index in [2.05, 4.69) is 28.2 Å². The Kier molecular flexibility index (Phi) is 5.67. The van der Waals surface area contributed by atoms with Gasteiger partial charge in [0.2, 0.25) is 0 Å². The third-order valence-electron chi connectivity index (χ3n) is 5.78. The van der Waals surface area contributed by atoms with Gasteiger partial charge in [0.25, 0.3) is 5.56 Å². The molecule has 3 aromatic rings. The van der Waals surface area contributed by atoms with Gasteiger partial charge < -0.3 is 15.2 Å². The molecule has 0 aliphatic heterocycles. The standard InChI is InChI=1S/C24H27N3OS/c1-16-12-17(2)21-14-18(23(28)26-22(21)13-16)15-27(20-10-6-7-11-20)24(29)25-19-8-4-3-5-9-19/h3-5,8-9,12-14,20H,6-7,10-11,15H2,1-2H3,(H,25,29)(H,26,28). The highest BCUT2D eigenvalue weighted by Gasteiger charge is 2.26. The van der Waals surface area contributed by atoms with Crippen LogP contribution in [0.3, 0.4) is 0 Å². The fourth-order valence-electron chi connectivity index (χ4n) is 4.32. The number of aryl methyl sites for hydroxylation is 2. The summed E-state index contributed by atoms with van der Waals surface area (Å²) in [7, 11) is 0. The number of anilines is 1. The van der Waals surface area contributed by atoms with Gasteiger partial charge in [-0.05, 0) is 74.3 Å². The normalized spacial score (nSPS) is 14.3. The van der Waals surface area contributed by atoms with Crippen molar-refractivity contribution in [3.05, 3.63) is 75.6 Å². The zero-order valence-corrected chi connectivity index (χ0v) is 17.8. The molecule has 0 radical (unpaired) electrons. The van der Waals surface area contributed by atoms with Crippen molar-refractivity contribution in [1.29, 1.82) is 0 Å². The Bertz CT molecular complexity index is 1080. The minimum Gasteiger partial charge on any atom is -0.342 e. The van der Waals surface area contributed by atoms with Crippen molar-refractivity contribution in [3.8, 4) is 0 Å². The van der Waals surface area contributed by atoms with Gasteiger partial charge in [-0.15, -0.1) is 0 Å². The molecule has 1 aromatic heterocycles. The van der Waals surface area contributed by atoms with Gasteiger partial charge in [0.15, 0.2) is 5.11 Å². The van der Waals surface area contributed by atoms with Crippen LogP contribution in [0, 0.1) is 13.8 Å². The number of H-pyrrole nitrogens is 1. The van der Waals surface area contributed by atoms with Crippen LogP contribution in [0.25, 0.3) is 10.9 Å². The lowest BCUT2D eigenvalue weighted by atomic mass is 10.0. The molecule has 1 fully saturated rings. The highest BCUT2D eigenvalue weighted by Crippen LogP contribution is 2.26. The number of nitrogens with one attached hydrogen (secondary N) is 2. The van der Waals surface area contributed by atoms with E-state index in [0.29, 0.717) is 17.7 Å². The van der Waals surface area contributed by atoms with Crippen molar-refractivity contribution in [1.82, 2.24) is 9.88 Å². The quantitative estimate of drug-likeness (QED) is 0.579. The fourth-order valence-corrected chi connectivity index (χ4v) is 4.65. The number of benzene rings is 2. The van der Waals surface area contributed by atoms with Crippen LogP contribution >= 0.6 is 12.2 Å². The van der Waals surface area contributed by atoms with Crippen LogP contribution in [0.1, 0.15) is 42.4 Å². The van der Waals surface area contributed by atoms with Crippen molar-refractivity contribution in [2.75, 3.05) is 5.32 Å². The Labute approximate surface area is 176 Å². The largest absolute Gasteiger partial charge is 0.342 e. The van der Waals surface area contributed by atoms with Gasteiger partial charge in [-0.2, -0.15) is 0 Å². The molecule has 4 nitrogen and oxygen atoms in total. The molecule has 1 aliphatic carbocycles. The number of para-hydroxylation sites is 1. The molecule has 0 atom stereocenters. The minimum absolute atomic E-state index is 0.0343. The maximum absolute atomic E-state index is 12.8. The Morgan fingerprint density at radius 1 is 1.14 bits per heavy atom. The zero-order valence-electron chi connectivity index (χ0n) is 17.0. The summed E-state index contributed by atoms with van der Waals surface area (Å²) in [5, 5.41) is 5.14. The van der Waals surface area contributed by atoms with Crippen LogP contribution in [0.2, 0.25) is 0 Å². The molecule has 29 heavy (non-hydrogen) atoms. The summed E-state index contributed by atoms with van der Waals surface area (Å²) in [5.41, 5.74) is 4.92. The Balaban J connectivity index is 1.66. The summed E-state index contributed by atoms with van der Waals surface area (Å²) in [6.45, 7) is 4.66. The molecule has 2 N–H and O–H groups in total. The SMILES string of the molecule is Cc1cc(C)c2cc(CN(C(=S)Nc3ccccc3)C3CCCC3)c(=O)[nH]c2c1. The minimum atomic E-state index is -0.0343. The number of thiocarbonyl (C=S) groups is 1. The van der Waals surface area contributed by atoms with E-state index in [4.69, 9.17) is 12.2 Å². The van der Waals surface area contributed by atoms with Crippen LogP contribution in [0.15, 0.2) is 53.3 Å². The molecule has 150 valence electrons. The Morgan fingerprint density at radius 3 is 2.59 bits per heavy atom. The topological polar surface area (TPSA) is 48.1 Å². The van der Waals surface area contributed by atoms with Gasteiger partial charge in [-0.25, -0.2) is 0 Å². The van der Waals surface area contributed by atoms with Crippen molar-refractivity contribution < 1.29 is 0 Å². The van der Waals surface area contributed by atoms with Gasteiger partial charge in [0, 0.05) is 28.2 Å². The van der Waals surface area contributed by atoms with E-state index in [9.17, 15) is 4.79 Å². The predicted molar refractivity (Wildman–Crippen MR) is 125 cm³/mol.